The van der Waals surface area contributed by atoms with E-state index in [9.17, 15) is 9.18 Å². The molecule has 0 aromatic heterocycles. The first-order valence-corrected chi connectivity index (χ1v) is 5.62. The lowest BCUT2D eigenvalue weighted by atomic mass is 9.91. The molecule has 1 aliphatic carbocycles. The van der Waals surface area contributed by atoms with E-state index < -0.39 is 11.8 Å². The van der Waals surface area contributed by atoms with Gasteiger partial charge in [-0.25, -0.2) is 4.39 Å². The molecule has 2 rings (SSSR count). The number of hydrogen-bond donors (Lipinski definition) is 1. The number of halogens is 2. The Morgan fingerprint density at radius 3 is 2.69 bits per heavy atom. The maximum absolute atomic E-state index is 13.2. The predicted molar refractivity (Wildman–Crippen MR) is 59.1 cm³/mol. The highest BCUT2D eigenvalue weighted by Gasteiger charge is 2.34. The van der Waals surface area contributed by atoms with Gasteiger partial charge in [-0.1, -0.05) is 11.6 Å². The van der Waals surface area contributed by atoms with Gasteiger partial charge in [0, 0.05) is 5.02 Å². The quantitative estimate of drug-likeness (QED) is 0.878. The molecule has 1 unspecified atom stereocenters. The van der Waals surface area contributed by atoms with Gasteiger partial charge < -0.3 is 5.11 Å². The standard InChI is InChI=1S/C12H12ClFO2/c13-9-3-8(4-10(14)5-9)11(6-12(15)16)7-1-2-7/h3-5,7,11H,1-2,6H2,(H,15,16). The largest absolute Gasteiger partial charge is 0.481 e. The fourth-order valence-corrected chi connectivity index (χ4v) is 2.26. The minimum absolute atomic E-state index is 0.0461. The summed E-state index contributed by atoms with van der Waals surface area (Å²) >= 11 is 5.77. The monoisotopic (exact) mass is 242 g/mol. The van der Waals surface area contributed by atoms with Crippen LogP contribution in [0.2, 0.25) is 5.02 Å². The molecule has 1 fully saturated rings. The van der Waals surface area contributed by atoms with E-state index in [0.717, 1.165) is 12.8 Å². The molecule has 16 heavy (non-hydrogen) atoms. The van der Waals surface area contributed by atoms with Gasteiger partial charge in [-0.05, 0) is 48.4 Å². The average Bonchev–Trinajstić information content (AvgIpc) is 2.95. The number of aliphatic carboxylic acids is 1. The topological polar surface area (TPSA) is 37.3 Å². The molecule has 0 spiro atoms. The lowest BCUT2D eigenvalue weighted by molar-refractivity contribution is -0.137. The minimum atomic E-state index is -0.850. The summed E-state index contributed by atoms with van der Waals surface area (Å²) in [5.41, 5.74) is 0.704. The second-order valence-corrected chi connectivity index (χ2v) is 4.68. The second-order valence-electron chi connectivity index (χ2n) is 4.24. The highest BCUT2D eigenvalue weighted by molar-refractivity contribution is 6.30. The third-order valence-electron chi connectivity index (χ3n) is 2.90. The Labute approximate surface area is 98.0 Å². The molecule has 86 valence electrons. The number of carboxylic acid groups (broad SMARTS) is 1. The summed E-state index contributed by atoms with van der Waals surface area (Å²) in [4.78, 5) is 10.8. The van der Waals surface area contributed by atoms with E-state index >= 15 is 0 Å². The average molecular weight is 243 g/mol. The number of carboxylic acids is 1. The van der Waals surface area contributed by atoms with Crippen LogP contribution in [0, 0.1) is 11.7 Å². The molecule has 2 nitrogen and oxygen atoms in total. The van der Waals surface area contributed by atoms with Crippen molar-refractivity contribution in [3.05, 3.63) is 34.6 Å². The number of hydrogen-bond acceptors (Lipinski definition) is 1. The van der Waals surface area contributed by atoms with Crippen molar-refractivity contribution >= 4 is 17.6 Å². The van der Waals surface area contributed by atoms with Crippen molar-refractivity contribution in [2.75, 3.05) is 0 Å². The minimum Gasteiger partial charge on any atom is -0.481 e. The number of carbonyl (C=O) groups is 1. The predicted octanol–water partition coefficient (Wildman–Crippen LogP) is 3.45. The Bertz CT molecular complexity index is 395. The van der Waals surface area contributed by atoms with E-state index in [1.807, 2.05) is 0 Å². The van der Waals surface area contributed by atoms with Crippen LogP contribution in [0.5, 0.6) is 0 Å². The SMILES string of the molecule is O=C(O)CC(c1cc(F)cc(Cl)c1)C1CC1. The lowest BCUT2D eigenvalue weighted by Crippen LogP contribution is -2.08. The fourth-order valence-electron chi connectivity index (χ4n) is 2.03. The van der Waals surface area contributed by atoms with Gasteiger partial charge in [-0.15, -0.1) is 0 Å². The van der Waals surface area contributed by atoms with Gasteiger partial charge in [0.15, 0.2) is 0 Å². The first kappa shape index (κ1) is 11.4. The zero-order valence-corrected chi connectivity index (χ0v) is 9.38. The van der Waals surface area contributed by atoms with Crippen LogP contribution in [0.1, 0.15) is 30.7 Å². The molecule has 1 atom stereocenters. The van der Waals surface area contributed by atoms with Gasteiger partial charge in [0.1, 0.15) is 5.82 Å². The van der Waals surface area contributed by atoms with Crippen LogP contribution >= 0.6 is 11.6 Å². The first-order chi connectivity index (χ1) is 7.56. The smallest absolute Gasteiger partial charge is 0.303 e. The van der Waals surface area contributed by atoms with E-state index in [2.05, 4.69) is 0 Å². The molecule has 0 aliphatic heterocycles. The summed E-state index contributed by atoms with van der Waals surface area (Å²) in [5.74, 6) is -0.990. The van der Waals surface area contributed by atoms with Crippen LogP contribution in [0.15, 0.2) is 18.2 Å². The first-order valence-electron chi connectivity index (χ1n) is 5.24. The van der Waals surface area contributed by atoms with Crippen molar-refractivity contribution in [2.45, 2.75) is 25.2 Å². The van der Waals surface area contributed by atoms with Crippen molar-refractivity contribution < 1.29 is 14.3 Å². The second kappa shape index (κ2) is 4.42. The number of benzene rings is 1. The molecule has 0 saturated heterocycles. The van der Waals surface area contributed by atoms with Crippen molar-refractivity contribution in [2.24, 2.45) is 5.92 Å². The van der Waals surface area contributed by atoms with Gasteiger partial charge in [0.2, 0.25) is 0 Å². The normalized spacial score (nSPS) is 17.1. The Hall–Kier alpha value is -1.09. The van der Waals surface area contributed by atoms with E-state index in [1.54, 1.807) is 6.07 Å². The molecular formula is C12H12ClFO2. The summed E-state index contributed by atoms with van der Waals surface area (Å²) in [7, 11) is 0. The van der Waals surface area contributed by atoms with Crippen LogP contribution in [0.25, 0.3) is 0 Å². The Balaban J connectivity index is 2.26. The number of rotatable bonds is 4. The maximum atomic E-state index is 13.2. The zero-order chi connectivity index (χ0) is 11.7. The van der Waals surface area contributed by atoms with E-state index in [4.69, 9.17) is 16.7 Å². The zero-order valence-electron chi connectivity index (χ0n) is 8.62. The van der Waals surface area contributed by atoms with Crippen molar-refractivity contribution in [1.82, 2.24) is 0 Å². The Kier molecular flexibility index (Phi) is 3.15. The highest BCUT2D eigenvalue weighted by Crippen LogP contribution is 2.45. The van der Waals surface area contributed by atoms with Crippen molar-refractivity contribution in [3.63, 3.8) is 0 Å². The molecule has 0 radical (unpaired) electrons. The third-order valence-corrected chi connectivity index (χ3v) is 3.12. The molecule has 4 heteroatoms. The van der Waals surface area contributed by atoms with Crippen LogP contribution in [0.4, 0.5) is 4.39 Å². The highest BCUT2D eigenvalue weighted by atomic mass is 35.5. The molecule has 0 heterocycles. The lowest BCUT2D eigenvalue weighted by Gasteiger charge is -2.14. The third kappa shape index (κ3) is 2.73. The Morgan fingerprint density at radius 2 is 2.19 bits per heavy atom. The van der Waals surface area contributed by atoms with Crippen molar-refractivity contribution in [1.29, 1.82) is 0 Å². The van der Waals surface area contributed by atoms with Gasteiger partial charge in [-0.2, -0.15) is 0 Å². The maximum Gasteiger partial charge on any atom is 0.303 e. The summed E-state index contributed by atoms with van der Waals surface area (Å²) in [6.07, 6.45) is 2.09. The molecule has 1 N–H and O–H groups in total. The fraction of sp³-hybridized carbons (Fsp3) is 0.417. The van der Waals surface area contributed by atoms with E-state index in [0.29, 0.717) is 16.5 Å². The molecule has 1 saturated carbocycles. The molecule has 1 aromatic rings. The summed E-state index contributed by atoms with van der Waals surface area (Å²) in [6.45, 7) is 0. The molecule has 0 amide bonds. The molecular weight excluding hydrogens is 231 g/mol. The Morgan fingerprint density at radius 1 is 1.50 bits per heavy atom. The van der Waals surface area contributed by atoms with Gasteiger partial charge in [-0.3, -0.25) is 4.79 Å². The summed E-state index contributed by atoms with van der Waals surface area (Å²) < 4.78 is 13.2. The van der Waals surface area contributed by atoms with E-state index in [1.165, 1.54) is 12.1 Å². The summed E-state index contributed by atoms with van der Waals surface area (Å²) in [6, 6.07) is 4.28. The van der Waals surface area contributed by atoms with Gasteiger partial charge in [0.05, 0.1) is 6.42 Å². The van der Waals surface area contributed by atoms with Crippen LogP contribution in [-0.2, 0) is 4.79 Å². The van der Waals surface area contributed by atoms with Crippen LogP contribution in [0.3, 0.4) is 0 Å². The van der Waals surface area contributed by atoms with Gasteiger partial charge in [0.25, 0.3) is 0 Å². The molecule has 0 bridgehead atoms. The van der Waals surface area contributed by atoms with E-state index in [-0.39, 0.29) is 12.3 Å². The molecule has 1 aliphatic rings. The molecule has 1 aromatic carbocycles. The van der Waals surface area contributed by atoms with Crippen LogP contribution < -0.4 is 0 Å². The van der Waals surface area contributed by atoms with Gasteiger partial charge >= 0.3 is 5.97 Å². The summed E-state index contributed by atoms with van der Waals surface area (Å²) in [5, 5.41) is 9.16. The van der Waals surface area contributed by atoms with Crippen LogP contribution in [-0.4, -0.2) is 11.1 Å². The van der Waals surface area contributed by atoms with Crippen molar-refractivity contribution in [3.8, 4) is 0 Å².